The van der Waals surface area contributed by atoms with Gasteiger partial charge in [-0.15, -0.1) is 0 Å². The summed E-state index contributed by atoms with van der Waals surface area (Å²) in [5, 5.41) is 0. The van der Waals surface area contributed by atoms with E-state index in [9.17, 15) is 4.79 Å². The van der Waals surface area contributed by atoms with Gasteiger partial charge in [-0.25, -0.2) is 4.85 Å². The molecular weight excluding hydrogens is 320 g/mol. The van der Waals surface area contributed by atoms with Gasteiger partial charge in [0.05, 0.1) is 18.0 Å². The van der Waals surface area contributed by atoms with Crippen LogP contribution in [0.25, 0.3) is 16.1 Å². The summed E-state index contributed by atoms with van der Waals surface area (Å²) in [5.41, 5.74) is 4.27. The first kappa shape index (κ1) is 16.7. The number of carbonyl (C=O) groups is 1. The van der Waals surface area contributed by atoms with Gasteiger partial charge in [0.2, 0.25) is 5.70 Å². The van der Waals surface area contributed by atoms with Gasteiger partial charge in [-0.2, -0.15) is 0 Å². The molecule has 1 heterocycles. The van der Waals surface area contributed by atoms with E-state index in [1.165, 1.54) is 5.56 Å². The Labute approximate surface area is 154 Å². The Kier molecular flexibility index (Phi) is 4.00. The summed E-state index contributed by atoms with van der Waals surface area (Å²) in [6.45, 7) is 11.7. The molecule has 0 unspecified atom stereocenters. The highest BCUT2D eigenvalue weighted by Crippen LogP contribution is 2.50. The summed E-state index contributed by atoms with van der Waals surface area (Å²) in [4.78, 5) is 21.3. The molecule has 0 saturated carbocycles. The Hall–Kier alpha value is -2.73. The van der Waals surface area contributed by atoms with E-state index >= 15 is 0 Å². The van der Waals surface area contributed by atoms with Gasteiger partial charge >= 0.3 is 0 Å². The normalized spacial score (nSPS) is 27.1. The smallest absolute Gasteiger partial charge is 0.226 e. The summed E-state index contributed by atoms with van der Waals surface area (Å²) < 4.78 is 0. The number of allylic oxidation sites excluding steroid dienone is 2. The number of hydrogen-bond acceptors (Lipinski definition) is 2. The molecule has 2 aliphatic rings. The van der Waals surface area contributed by atoms with Crippen LogP contribution in [0.3, 0.4) is 0 Å². The second-order valence-corrected chi connectivity index (χ2v) is 7.52. The van der Waals surface area contributed by atoms with Crippen molar-refractivity contribution in [2.75, 3.05) is 0 Å². The minimum Gasteiger partial charge on any atom is -0.308 e. The molecule has 0 saturated heterocycles. The van der Waals surface area contributed by atoms with Crippen molar-refractivity contribution in [2.45, 2.75) is 38.5 Å². The molecule has 0 spiro atoms. The van der Waals surface area contributed by atoms with Crippen molar-refractivity contribution in [3.8, 4) is 11.3 Å². The van der Waals surface area contributed by atoms with Crippen molar-refractivity contribution < 1.29 is 4.79 Å². The van der Waals surface area contributed by atoms with Crippen LogP contribution in [0.2, 0.25) is 0 Å². The molecule has 0 fully saturated rings. The van der Waals surface area contributed by atoms with Gasteiger partial charge in [0, 0.05) is 16.9 Å². The molecule has 2 aliphatic carbocycles. The molecule has 0 bridgehead atoms. The van der Waals surface area contributed by atoms with Crippen LogP contribution in [0.15, 0.2) is 54.2 Å². The van der Waals surface area contributed by atoms with Crippen LogP contribution in [0.4, 0.5) is 0 Å². The summed E-state index contributed by atoms with van der Waals surface area (Å²) in [6.07, 6.45) is 4.60. The Morgan fingerprint density at radius 2 is 2.00 bits per heavy atom. The maximum atomic E-state index is 12.7. The van der Waals surface area contributed by atoms with E-state index in [2.05, 4.69) is 43.0 Å². The highest BCUT2D eigenvalue weighted by atomic mass is 16.1. The maximum Gasteiger partial charge on any atom is 0.226 e. The van der Waals surface area contributed by atoms with Crippen LogP contribution in [-0.4, -0.2) is 10.8 Å². The number of nitrogens with zero attached hydrogens (tertiary/aromatic N) is 2. The van der Waals surface area contributed by atoms with E-state index in [4.69, 9.17) is 11.6 Å². The molecule has 0 amide bonds. The lowest BCUT2D eigenvalue weighted by Gasteiger charge is -2.46. The first-order valence-electron chi connectivity index (χ1n) is 9.29. The molecule has 0 aliphatic heterocycles. The van der Waals surface area contributed by atoms with Crippen LogP contribution < -0.4 is 0 Å². The number of hydrogen-bond donors (Lipinski definition) is 0. The highest BCUT2D eigenvalue weighted by Gasteiger charge is 2.49. The fourth-order valence-corrected chi connectivity index (χ4v) is 4.79. The monoisotopic (exact) mass is 342 g/mol. The number of aromatic nitrogens is 1. The van der Waals surface area contributed by atoms with Crippen molar-refractivity contribution in [1.82, 2.24) is 4.98 Å². The number of benzene rings is 1. The first-order valence-corrected chi connectivity index (χ1v) is 9.29. The van der Waals surface area contributed by atoms with Gasteiger partial charge in [-0.1, -0.05) is 56.3 Å². The average Bonchev–Trinajstić information content (AvgIpc) is 2.68. The Morgan fingerprint density at radius 1 is 1.23 bits per heavy atom. The lowest BCUT2D eigenvalue weighted by molar-refractivity contribution is -0.122. The predicted octanol–water partition coefficient (Wildman–Crippen LogP) is 4.98. The van der Waals surface area contributed by atoms with Crippen LogP contribution in [0, 0.1) is 18.4 Å². The molecule has 1 aromatic heterocycles. The molecule has 3 atom stereocenters. The maximum absolute atomic E-state index is 12.7. The minimum absolute atomic E-state index is 0.0210. The molecule has 1 aromatic carbocycles. The van der Waals surface area contributed by atoms with E-state index in [0.29, 0.717) is 0 Å². The number of carbonyl (C=O) groups excluding carboxylic acids is 1. The lowest BCUT2D eigenvalue weighted by Crippen LogP contribution is -2.46. The van der Waals surface area contributed by atoms with Gasteiger partial charge in [0.25, 0.3) is 0 Å². The molecule has 2 aromatic rings. The number of fused-ring (bicyclic) bond motifs is 3. The van der Waals surface area contributed by atoms with Crippen LogP contribution in [-0.2, 0) is 16.6 Å². The zero-order chi connectivity index (χ0) is 18.3. The van der Waals surface area contributed by atoms with E-state index in [0.717, 1.165) is 36.2 Å². The van der Waals surface area contributed by atoms with Gasteiger partial charge in [0.1, 0.15) is 0 Å². The summed E-state index contributed by atoms with van der Waals surface area (Å²) in [7, 11) is 0. The molecule has 4 rings (SSSR count). The quantitative estimate of drug-likeness (QED) is 0.721. The Balaban J connectivity index is 1.90. The number of rotatable bonds is 2. The number of Topliss-reactive ketones (excluding diaryl/α,β-unsaturated/α-hetero) is 1. The summed E-state index contributed by atoms with van der Waals surface area (Å²) in [5.74, 6) is 0.161. The first-order chi connectivity index (χ1) is 12.6. The third-order valence-corrected chi connectivity index (χ3v) is 6.13. The van der Waals surface area contributed by atoms with Crippen LogP contribution >= 0.6 is 0 Å². The zero-order valence-electron chi connectivity index (χ0n) is 15.2. The van der Waals surface area contributed by atoms with Gasteiger partial charge in [-0.3, -0.25) is 4.98 Å². The number of ketones is 1. The summed E-state index contributed by atoms with van der Waals surface area (Å²) >= 11 is 0. The molecule has 3 heteroatoms. The van der Waals surface area contributed by atoms with Gasteiger partial charge < -0.3 is 4.79 Å². The zero-order valence-corrected chi connectivity index (χ0v) is 15.2. The average molecular weight is 342 g/mol. The molecule has 3 nitrogen and oxygen atoms in total. The van der Waals surface area contributed by atoms with Crippen molar-refractivity contribution in [1.29, 1.82) is 0 Å². The predicted molar refractivity (Wildman–Crippen MR) is 102 cm³/mol. The molecular formula is C23H22N2O. The molecule has 0 radical (unpaired) electrons. The third-order valence-electron chi connectivity index (χ3n) is 6.13. The van der Waals surface area contributed by atoms with Crippen molar-refractivity contribution >= 4 is 5.78 Å². The molecule has 26 heavy (non-hydrogen) atoms. The third kappa shape index (κ3) is 2.41. The van der Waals surface area contributed by atoms with E-state index < -0.39 is 0 Å². The Morgan fingerprint density at radius 3 is 2.69 bits per heavy atom. The SMILES string of the molecule is [C-]#[N+]C1=C[C@]2(C)c3nc(-c4ccccc4)ccc3CC[C@H]2[C@H](CC)C1=O. The second-order valence-electron chi connectivity index (χ2n) is 7.52. The summed E-state index contributed by atoms with van der Waals surface area (Å²) in [6, 6.07) is 14.4. The van der Waals surface area contributed by atoms with Crippen molar-refractivity contribution in [3.63, 3.8) is 0 Å². The van der Waals surface area contributed by atoms with Crippen LogP contribution in [0.1, 0.15) is 37.9 Å². The van der Waals surface area contributed by atoms with E-state index in [1.54, 1.807) is 0 Å². The fraction of sp³-hybridized carbons (Fsp3) is 0.348. The number of aryl methyl sites for hydroxylation is 1. The lowest BCUT2D eigenvalue weighted by atomic mass is 9.57. The molecule has 130 valence electrons. The van der Waals surface area contributed by atoms with Gasteiger partial charge in [0.15, 0.2) is 5.78 Å². The highest BCUT2D eigenvalue weighted by molar-refractivity contribution is 6.00. The topological polar surface area (TPSA) is 34.3 Å². The van der Waals surface area contributed by atoms with E-state index in [1.807, 2.05) is 24.3 Å². The molecule has 0 N–H and O–H groups in total. The van der Waals surface area contributed by atoms with Crippen molar-refractivity contribution in [3.05, 3.63) is 76.9 Å². The largest absolute Gasteiger partial charge is 0.308 e. The second kappa shape index (κ2) is 6.21. The van der Waals surface area contributed by atoms with Gasteiger partial charge in [-0.05, 0) is 36.8 Å². The van der Waals surface area contributed by atoms with Crippen LogP contribution in [0.5, 0.6) is 0 Å². The number of pyridine rings is 1. The van der Waals surface area contributed by atoms with E-state index in [-0.39, 0.29) is 28.7 Å². The van der Waals surface area contributed by atoms with Crippen molar-refractivity contribution in [2.24, 2.45) is 11.8 Å². The minimum atomic E-state index is -0.354. The standard InChI is InChI=1S/C23H22N2O/c1-4-17-18-12-10-16-11-13-19(15-8-6-5-7-9-15)25-22(16)23(18,2)14-20(24-3)21(17)26/h5-9,11,13-14,17-18H,4,10,12H2,1-2H3/t17-,18-,23-/m0/s1. The Bertz CT molecular complexity index is 938. The fourth-order valence-electron chi connectivity index (χ4n) is 4.79.